The first kappa shape index (κ1) is 23.8. The van der Waals surface area contributed by atoms with Gasteiger partial charge in [0.25, 0.3) is 0 Å². The lowest BCUT2D eigenvalue weighted by atomic mass is 9.86. The van der Waals surface area contributed by atoms with Crippen molar-refractivity contribution in [3.63, 3.8) is 0 Å². The Hall–Kier alpha value is -2.82. The number of carboxylic acid groups (broad SMARTS) is 2. The summed E-state index contributed by atoms with van der Waals surface area (Å²) in [6.07, 6.45) is 3.39. The van der Waals surface area contributed by atoms with Crippen LogP contribution in [0, 0.1) is 0 Å². The topological polar surface area (TPSA) is 74.6 Å². The Balaban J connectivity index is 2.41. The van der Waals surface area contributed by atoms with E-state index < -0.39 is 11.9 Å². The van der Waals surface area contributed by atoms with Crippen molar-refractivity contribution in [2.75, 3.05) is 0 Å². The van der Waals surface area contributed by atoms with Gasteiger partial charge < -0.3 is 10.2 Å². The van der Waals surface area contributed by atoms with Gasteiger partial charge in [-0.15, -0.1) is 0 Å². The zero-order valence-electron chi connectivity index (χ0n) is 17.9. The monoisotopic (exact) mass is 470 g/mol. The second kappa shape index (κ2) is 10.2. The van der Waals surface area contributed by atoms with Crippen molar-refractivity contribution >= 4 is 35.1 Å². The first-order valence-electron chi connectivity index (χ1n) is 10.5. The van der Waals surface area contributed by atoms with E-state index in [0.717, 1.165) is 36.8 Å². The van der Waals surface area contributed by atoms with Crippen molar-refractivity contribution < 1.29 is 19.8 Å². The van der Waals surface area contributed by atoms with Gasteiger partial charge >= 0.3 is 11.9 Å². The number of benzene rings is 3. The van der Waals surface area contributed by atoms with Crippen LogP contribution in [0.2, 0.25) is 10.0 Å². The number of halogens is 2. The maximum absolute atomic E-state index is 12.5. The van der Waals surface area contributed by atoms with E-state index in [0.29, 0.717) is 21.7 Å². The average molecular weight is 471 g/mol. The van der Waals surface area contributed by atoms with Crippen LogP contribution in [0.15, 0.2) is 48.5 Å². The van der Waals surface area contributed by atoms with E-state index in [2.05, 4.69) is 6.92 Å². The first-order valence-corrected chi connectivity index (χ1v) is 11.2. The number of rotatable bonds is 8. The van der Waals surface area contributed by atoms with Crippen molar-refractivity contribution in [3.05, 3.63) is 80.8 Å². The Labute approximate surface area is 197 Å². The van der Waals surface area contributed by atoms with Crippen LogP contribution in [0.5, 0.6) is 0 Å². The molecule has 0 spiro atoms. The highest BCUT2D eigenvalue weighted by Crippen LogP contribution is 2.41. The standard InChI is InChI=1S/C26H24Cl2O4/c1-3-5-15-7-11-21(27)19(13-15)17-9-10-18(25(29)30)23(24(17)26(31)32)20-14-16(6-4-2)8-12-22(20)28/h7-14H,3-6H2,1-2H3,(H,29,30)(H,31,32). The van der Waals surface area contributed by atoms with Crippen molar-refractivity contribution in [1.29, 1.82) is 0 Å². The van der Waals surface area contributed by atoms with Gasteiger partial charge in [-0.1, -0.05) is 68.1 Å². The van der Waals surface area contributed by atoms with Crippen molar-refractivity contribution in [1.82, 2.24) is 0 Å². The molecule has 3 aromatic carbocycles. The van der Waals surface area contributed by atoms with Gasteiger partial charge in [-0.3, -0.25) is 0 Å². The summed E-state index contributed by atoms with van der Waals surface area (Å²) in [5, 5.41) is 20.8. The highest BCUT2D eigenvalue weighted by Gasteiger charge is 2.26. The Bertz CT molecular complexity index is 1180. The summed E-state index contributed by atoms with van der Waals surface area (Å²) in [5.41, 5.74) is 3.10. The summed E-state index contributed by atoms with van der Waals surface area (Å²) in [4.78, 5) is 24.6. The van der Waals surface area contributed by atoms with Gasteiger partial charge in [0, 0.05) is 26.7 Å². The molecule has 0 saturated heterocycles. The summed E-state index contributed by atoms with van der Waals surface area (Å²) in [5.74, 6) is -2.47. The SMILES string of the molecule is CCCc1ccc(Cl)c(-c2ccc(C(=O)O)c(-c3cc(CCC)ccc3Cl)c2C(=O)O)c1. The molecule has 6 heteroatoms. The Morgan fingerprint density at radius 3 is 1.75 bits per heavy atom. The molecule has 166 valence electrons. The summed E-state index contributed by atoms with van der Waals surface area (Å²) in [6.45, 7) is 4.09. The lowest BCUT2D eigenvalue weighted by Gasteiger charge is -2.18. The molecule has 0 fully saturated rings. The van der Waals surface area contributed by atoms with Crippen LogP contribution in [-0.4, -0.2) is 22.2 Å². The van der Waals surface area contributed by atoms with Crippen LogP contribution in [0.25, 0.3) is 22.3 Å². The number of hydrogen-bond donors (Lipinski definition) is 2. The van der Waals surface area contributed by atoms with Crippen molar-refractivity contribution in [2.45, 2.75) is 39.5 Å². The predicted octanol–water partition coefficient (Wildman–Crippen LogP) is 7.63. The summed E-state index contributed by atoms with van der Waals surface area (Å²) in [7, 11) is 0. The molecule has 0 atom stereocenters. The Morgan fingerprint density at radius 2 is 1.25 bits per heavy atom. The maximum atomic E-state index is 12.5. The van der Waals surface area contributed by atoms with Gasteiger partial charge in [-0.25, -0.2) is 9.59 Å². The number of aromatic carboxylic acids is 2. The molecule has 4 nitrogen and oxygen atoms in total. The van der Waals surface area contributed by atoms with Crippen molar-refractivity contribution in [2.24, 2.45) is 0 Å². The maximum Gasteiger partial charge on any atom is 0.336 e. The minimum Gasteiger partial charge on any atom is -0.478 e. The van der Waals surface area contributed by atoms with E-state index in [1.54, 1.807) is 18.2 Å². The third kappa shape index (κ3) is 4.82. The van der Waals surface area contributed by atoms with Crippen LogP contribution < -0.4 is 0 Å². The third-order valence-corrected chi connectivity index (χ3v) is 6.01. The quantitative estimate of drug-likeness (QED) is 0.354. The lowest BCUT2D eigenvalue weighted by molar-refractivity contribution is 0.0696. The van der Waals surface area contributed by atoms with Crippen LogP contribution in [0.4, 0.5) is 0 Å². The van der Waals surface area contributed by atoms with Gasteiger partial charge in [0.05, 0.1) is 11.1 Å². The van der Waals surface area contributed by atoms with E-state index in [1.807, 2.05) is 25.1 Å². The highest BCUT2D eigenvalue weighted by molar-refractivity contribution is 6.35. The largest absolute Gasteiger partial charge is 0.478 e. The third-order valence-electron chi connectivity index (χ3n) is 5.35. The highest BCUT2D eigenvalue weighted by atomic mass is 35.5. The van der Waals surface area contributed by atoms with Crippen LogP contribution in [-0.2, 0) is 12.8 Å². The number of aryl methyl sites for hydroxylation is 2. The fourth-order valence-electron chi connectivity index (χ4n) is 3.94. The molecule has 0 aliphatic rings. The molecule has 0 radical (unpaired) electrons. The van der Waals surface area contributed by atoms with Gasteiger partial charge in [0.15, 0.2) is 0 Å². The number of carbonyl (C=O) groups is 2. The minimum atomic E-state index is -1.24. The smallest absolute Gasteiger partial charge is 0.336 e. The van der Waals surface area contributed by atoms with Crippen LogP contribution in [0.1, 0.15) is 58.5 Å². The van der Waals surface area contributed by atoms with Crippen LogP contribution in [0.3, 0.4) is 0 Å². The Morgan fingerprint density at radius 1 is 0.719 bits per heavy atom. The zero-order valence-corrected chi connectivity index (χ0v) is 19.4. The fraction of sp³-hybridized carbons (Fsp3) is 0.231. The molecular formula is C26H24Cl2O4. The molecule has 0 aliphatic carbocycles. The molecule has 2 N–H and O–H groups in total. The summed E-state index contributed by atoms with van der Waals surface area (Å²) in [6, 6.07) is 13.8. The number of hydrogen-bond acceptors (Lipinski definition) is 2. The van der Waals surface area contributed by atoms with Crippen molar-refractivity contribution in [3.8, 4) is 22.3 Å². The van der Waals surface area contributed by atoms with E-state index in [4.69, 9.17) is 23.2 Å². The lowest BCUT2D eigenvalue weighted by Crippen LogP contribution is -2.10. The molecule has 3 aromatic rings. The molecule has 0 unspecified atom stereocenters. The van der Waals surface area contributed by atoms with Gasteiger partial charge in [0.2, 0.25) is 0 Å². The van der Waals surface area contributed by atoms with E-state index in [-0.39, 0.29) is 21.7 Å². The summed E-state index contributed by atoms with van der Waals surface area (Å²) >= 11 is 12.9. The molecule has 32 heavy (non-hydrogen) atoms. The average Bonchev–Trinajstić information content (AvgIpc) is 2.75. The fourth-order valence-corrected chi connectivity index (χ4v) is 4.37. The second-order valence-corrected chi connectivity index (χ2v) is 8.46. The van der Waals surface area contributed by atoms with Gasteiger partial charge in [-0.05, 0) is 59.9 Å². The van der Waals surface area contributed by atoms with Gasteiger partial charge in [-0.2, -0.15) is 0 Å². The first-order chi connectivity index (χ1) is 15.3. The van der Waals surface area contributed by atoms with Crippen LogP contribution >= 0.6 is 23.2 Å². The second-order valence-electron chi connectivity index (χ2n) is 7.65. The molecule has 3 rings (SSSR count). The van der Waals surface area contributed by atoms with Gasteiger partial charge in [0.1, 0.15) is 0 Å². The molecule has 0 bridgehead atoms. The molecular weight excluding hydrogens is 447 g/mol. The number of carboxylic acids is 2. The molecule has 0 aromatic heterocycles. The predicted molar refractivity (Wildman–Crippen MR) is 129 cm³/mol. The van der Waals surface area contributed by atoms with E-state index in [1.165, 1.54) is 12.1 Å². The van der Waals surface area contributed by atoms with E-state index >= 15 is 0 Å². The van der Waals surface area contributed by atoms with E-state index in [9.17, 15) is 19.8 Å². The summed E-state index contributed by atoms with van der Waals surface area (Å²) < 4.78 is 0. The molecule has 0 aliphatic heterocycles. The molecule has 0 amide bonds. The zero-order chi connectivity index (χ0) is 23.4. The molecule has 0 heterocycles. The normalized spacial score (nSPS) is 10.9. The minimum absolute atomic E-state index is 0.0856. The Kier molecular flexibility index (Phi) is 7.60. The molecule has 0 saturated carbocycles.